The summed E-state index contributed by atoms with van der Waals surface area (Å²) in [6.07, 6.45) is 4.48. The van der Waals surface area contributed by atoms with E-state index in [0.29, 0.717) is 5.56 Å². The lowest BCUT2D eigenvalue weighted by Crippen LogP contribution is -2.47. The molecule has 0 radical (unpaired) electrons. The van der Waals surface area contributed by atoms with Crippen LogP contribution in [0.15, 0.2) is 17.5 Å². The molecule has 0 saturated heterocycles. The topological polar surface area (TPSA) is 75.6 Å². The highest BCUT2D eigenvalue weighted by Crippen LogP contribution is 2.23. The van der Waals surface area contributed by atoms with Crippen molar-refractivity contribution in [2.75, 3.05) is 7.11 Å². The second kappa shape index (κ2) is 5.99. The van der Waals surface area contributed by atoms with E-state index in [1.165, 1.54) is 17.4 Å². The molecule has 1 aliphatic rings. The van der Waals surface area contributed by atoms with Crippen LogP contribution < -0.4 is 5.32 Å². The number of carboxylic acid groups (broad SMARTS) is 1. The van der Waals surface area contributed by atoms with E-state index in [0.717, 1.165) is 23.8 Å². The molecule has 0 aromatic carbocycles. The van der Waals surface area contributed by atoms with Gasteiger partial charge < -0.3 is 15.2 Å². The van der Waals surface area contributed by atoms with Crippen molar-refractivity contribution in [2.24, 2.45) is 0 Å². The van der Waals surface area contributed by atoms with Crippen LogP contribution in [0.3, 0.4) is 0 Å². The minimum Gasteiger partial charge on any atom is -0.478 e. The zero-order valence-corrected chi connectivity index (χ0v) is 11.3. The molecule has 5 nitrogen and oxygen atoms in total. The minimum absolute atomic E-state index is 0.120. The summed E-state index contributed by atoms with van der Waals surface area (Å²) in [5.41, 5.74) is 0.566. The molecule has 0 atom stereocenters. The summed E-state index contributed by atoms with van der Waals surface area (Å²) in [4.78, 5) is 23.0. The zero-order chi connectivity index (χ0) is 13.8. The van der Waals surface area contributed by atoms with Gasteiger partial charge in [-0.3, -0.25) is 4.79 Å². The van der Waals surface area contributed by atoms with Crippen molar-refractivity contribution in [3.8, 4) is 0 Å². The number of nitrogens with one attached hydrogen (secondary N) is 1. The summed E-state index contributed by atoms with van der Waals surface area (Å²) in [5.74, 6) is -1.12. The molecule has 0 aliphatic heterocycles. The molecular weight excluding hydrogens is 266 g/mol. The van der Waals surface area contributed by atoms with Gasteiger partial charge in [0.25, 0.3) is 5.91 Å². The van der Waals surface area contributed by atoms with Gasteiger partial charge in [-0.15, -0.1) is 11.3 Å². The van der Waals surface area contributed by atoms with Crippen molar-refractivity contribution in [1.82, 2.24) is 5.32 Å². The average Bonchev–Trinajstić information content (AvgIpc) is 2.79. The van der Waals surface area contributed by atoms with E-state index >= 15 is 0 Å². The standard InChI is InChI=1S/C13H15NO4S/c1-18-10-5-9(6-10)14-13(17)8-4-11(19-7-8)2-3-12(15)16/h2-4,7,9-10H,5-6H2,1H3,(H,14,17)(H,15,16)/b3-2+. The first-order valence-electron chi connectivity index (χ1n) is 5.91. The fourth-order valence-electron chi connectivity index (χ4n) is 1.86. The fourth-order valence-corrected chi connectivity index (χ4v) is 2.64. The molecule has 1 aliphatic carbocycles. The monoisotopic (exact) mass is 281 g/mol. The van der Waals surface area contributed by atoms with Gasteiger partial charge in [-0.25, -0.2) is 4.79 Å². The van der Waals surface area contributed by atoms with Crippen molar-refractivity contribution in [1.29, 1.82) is 0 Å². The maximum atomic E-state index is 11.9. The van der Waals surface area contributed by atoms with Crippen molar-refractivity contribution < 1.29 is 19.4 Å². The maximum absolute atomic E-state index is 11.9. The molecule has 1 fully saturated rings. The van der Waals surface area contributed by atoms with Gasteiger partial charge in [0.1, 0.15) is 0 Å². The summed E-state index contributed by atoms with van der Waals surface area (Å²) in [6, 6.07) is 1.86. The predicted molar refractivity (Wildman–Crippen MR) is 72.3 cm³/mol. The van der Waals surface area contributed by atoms with Crippen molar-refractivity contribution in [3.05, 3.63) is 28.0 Å². The largest absolute Gasteiger partial charge is 0.478 e. The third-order valence-corrected chi connectivity index (χ3v) is 3.93. The molecule has 0 spiro atoms. The van der Waals surface area contributed by atoms with Crippen LogP contribution in [0.5, 0.6) is 0 Å². The van der Waals surface area contributed by atoms with E-state index in [2.05, 4.69) is 5.32 Å². The second-order valence-electron chi connectivity index (χ2n) is 4.41. The number of hydrogen-bond donors (Lipinski definition) is 2. The first-order chi connectivity index (χ1) is 9.08. The molecule has 1 heterocycles. The smallest absolute Gasteiger partial charge is 0.328 e. The Morgan fingerprint density at radius 2 is 2.26 bits per heavy atom. The van der Waals surface area contributed by atoms with Crippen LogP contribution in [-0.2, 0) is 9.53 Å². The van der Waals surface area contributed by atoms with Crippen LogP contribution in [-0.4, -0.2) is 36.2 Å². The molecule has 2 N–H and O–H groups in total. The van der Waals surface area contributed by atoms with E-state index in [-0.39, 0.29) is 18.1 Å². The zero-order valence-electron chi connectivity index (χ0n) is 10.5. The summed E-state index contributed by atoms with van der Waals surface area (Å²) >= 11 is 1.34. The third-order valence-electron chi connectivity index (χ3n) is 3.04. The van der Waals surface area contributed by atoms with Crippen LogP contribution in [0.4, 0.5) is 0 Å². The average molecular weight is 281 g/mol. The van der Waals surface area contributed by atoms with Gasteiger partial charge in [0, 0.05) is 29.5 Å². The van der Waals surface area contributed by atoms with E-state index in [9.17, 15) is 9.59 Å². The van der Waals surface area contributed by atoms with Crippen molar-refractivity contribution >= 4 is 29.3 Å². The Bertz CT molecular complexity index is 502. The van der Waals surface area contributed by atoms with Crippen LogP contribution in [0, 0.1) is 0 Å². The first-order valence-corrected chi connectivity index (χ1v) is 6.79. The molecule has 0 bridgehead atoms. The highest BCUT2D eigenvalue weighted by Gasteiger charge is 2.30. The van der Waals surface area contributed by atoms with Gasteiger partial charge in [-0.2, -0.15) is 0 Å². The predicted octanol–water partition coefficient (Wildman–Crippen LogP) is 1.75. The Kier molecular flexibility index (Phi) is 4.34. The quantitative estimate of drug-likeness (QED) is 0.806. The number of aliphatic carboxylic acids is 1. The third kappa shape index (κ3) is 3.65. The Morgan fingerprint density at radius 3 is 2.89 bits per heavy atom. The maximum Gasteiger partial charge on any atom is 0.328 e. The Morgan fingerprint density at radius 1 is 1.53 bits per heavy atom. The Balaban J connectivity index is 1.88. The van der Waals surface area contributed by atoms with Crippen LogP contribution >= 0.6 is 11.3 Å². The van der Waals surface area contributed by atoms with E-state index in [4.69, 9.17) is 9.84 Å². The van der Waals surface area contributed by atoms with Gasteiger partial charge >= 0.3 is 5.97 Å². The number of amides is 1. The highest BCUT2D eigenvalue weighted by atomic mass is 32.1. The lowest BCUT2D eigenvalue weighted by molar-refractivity contribution is -0.131. The number of hydrogen-bond acceptors (Lipinski definition) is 4. The molecule has 6 heteroatoms. The number of ether oxygens (including phenoxy) is 1. The SMILES string of the molecule is COC1CC(NC(=O)c2csc(/C=C/C(=O)O)c2)C1. The first kappa shape index (κ1) is 13.8. The van der Waals surface area contributed by atoms with Gasteiger partial charge in [-0.05, 0) is 25.0 Å². The number of carbonyl (C=O) groups excluding carboxylic acids is 1. The molecule has 102 valence electrons. The molecular formula is C13H15NO4S. The molecule has 2 rings (SSSR count). The van der Waals surface area contributed by atoms with Gasteiger partial charge in [0.05, 0.1) is 11.7 Å². The van der Waals surface area contributed by atoms with Gasteiger partial charge in [-0.1, -0.05) is 0 Å². The summed E-state index contributed by atoms with van der Waals surface area (Å²) < 4.78 is 5.15. The fraction of sp³-hybridized carbons (Fsp3) is 0.385. The van der Waals surface area contributed by atoms with Gasteiger partial charge in [0.15, 0.2) is 0 Å². The number of carbonyl (C=O) groups is 2. The summed E-state index contributed by atoms with van der Waals surface area (Å²) in [5, 5.41) is 13.2. The molecule has 0 unspecified atom stereocenters. The lowest BCUT2D eigenvalue weighted by Gasteiger charge is -2.34. The summed E-state index contributed by atoms with van der Waals surface area (Å²) in [7, 11) is 1.67. The normalized spacial score (nSPS) is 22.2. The number of rotatable bonds is 5. The number of thiophene rings is 1. The van der Waals surface area contributed by atoms with E-state index in [1.54, 1.807) is 18.6 Å². The lowest BCUT2D eigenvalue weighted by atomic mass is 9.89. The summed E-state index contributed by atoms with van der Waals surface area (Å²) in [6.45, 7) is 0. The van der Waals surface area contributed by atoms with Crippen LogP contribution in [0.25, 0.3) is 6.08 Å². The second-order valence-corrected chi connectivity index (χ2v) is 5.35. The molecule has 1 amide bonds. The van der Waals surface area contributed by atoms with E-state index < -0.39 is 5.97 Å². The Labute approximate surface area is 114 Å². The number of methoxy groups -OCH3 is 1. The van der Waals surface area contributed by atoms with Gasteiger partial charge in [0.2, 0.25) is 0 Å². The molecule has 19 heavy (non-hydrogen) atoms. The minimum atomic E-state index is -1.00. The van der Waals surface area contributed by atoms with E-state index in [1.807, 2.05) is 0 Å². The van der Waals surface area contributed by atoms with Crippen LogP contribution in [0.1, 0.15) is 28.1 Å². The van der Waals surface area contributed by atoms with Crippen molar-refractivity contribution in [3.63, 3.8) is 0 Å². The molecule has 1 aromatic heterocycles. The number of carboxylic acids is 1. The van der Waals surface area contributed by atoms with Crippen molar-refractivity contribution in [2.45, 2.75) is 25.0 Å². The highest BCUT2D eigenvalue weighted by molar-refractivity contribution is 7.11. The van der Waals surface area contributed by atoms with Crippen LogP contribution in [0.2, 0.25) is 0 Å². The molecule has 1 aromatic rings. The Hall–Kier alpha value is -1.66. The molecule has 1 saturated carbocycles.